The summed E-state index contributed by atoms with van der Waals surface area (Å²) >= 11 is 1.23. The maximum atomic E-state index is 13.1. The van der Waals surface area contributed by atoms with Crippen molar-refractivity contribution in [3.8, 4) is 0 Å². The van der Waals surface area contributed by atoms with Gasteiger partial charge in [-0.2, -0.15) is 4.31 Å². The molecule has 0 atom stereocenters. The number of nitrogens with zero attached hydrogens (tertiary/aromatic N) is 3. The van der Waals surface area contributed by atoms with E-state index in [0.29, 0.717) is 18.0 Å². The molecular weight excluding hydrogens is 428 g/mol. The second kappa shape index (κ2) is 11.1. The van der Waals surface area contributed by atoms with Gasteiger partial charge < -0.3 is 5.32 Å². The number of thiazole rings is 1. The molecule has 0 radical (unpaired) electrons. The lowest BCUT2D eigenvalue weighted by molar-refractivity contribution is -0.384. The molecule has 1 heterocycles. The fourth-order valence-electron chi connectivity index (χ4n) is 2.62. The molecule has 1 aromatic carbocycles. The molecule has 0 aliphatic rings. The first-order valence-corrected chi connectivity index (χ1v) is 12.1. The van der Waals surface area contributed by atoms with Crippen LogP contribution in [0.4, 0.5) is 5.69 Å². The summed E-state index contributed by atoms with van der Waals surface area (Å²) in [5, 5.41) is 15.7. The predicted octanol–water partition coefficient (Wildman–Crippen LogP) is 3.57. The molecule has 164 valence electrons. The number of hydrogen-bond donors (Lipinski definition) is 1. The van der Waals surface area contributed by atoms with Crippen LogP contribution in [0.3, 0.4) is 0 Å². The number of non-ortho nitro benzene ring substituents is 1. The third-order valence-electron chi connectivity index (χ3n) is 4.36. The van der Waals surface area contributed by atoms with Gasteiger partial charge in [-0.05, 0) is 25.0 Å². The zero-order valence-corrected chi connectivity index (χ0v) is 18.7. The lowest BCUT2D eigenvalue weighted by Gasteiger charge is -2.21. The number of unbranched alkanes of at least 4 members (excludes halogenated alkanes) is 2. The molecule has 0 saturated carbocycles. The van der Waals surface area contributed by atoms with Gasteiger partial charge in [0.2, 0.25) is 10.0 Å². The van der Waals surface area contributed by atoms with Crippen molar-refractivity contribution in [3.63, 3.8) is 0 Å². The maximum Gasteiger partial charge on any atom is 0.270 e. The Morgan fingerprint density at radius 2 is 1.87 bits per heavy atom. The number of nitro benzene ring substituents is 1. The lowest BCUT2D eigenvalue weighted by Crippen LogP contribution is -2.31. The summed E-state index contributed by atoms with van der Waals surface area (Å²) in [6.07, 6.45) is 3.30. The molecular formula is C19H26N4O5S2. The van der Waals surface area contributed by atoms with Crippen LogP contribution in [-0.2, 0) is 16.6 Å². The molecule has 0 unspecified atom stereocenters. The van der Waals surface area contributed by atoms with Gasteiger partial charge in [0, 0.05) is 30.6 Å². The molecule has 1 N–H and O–H groups in total. The molecule has 0 aliphatic carbocycles. The van der Waals surface area contributed by atoms with Crippen LogP contribution in [-0.4, -0.2) is 41.6 Å². The molecule has 0 spiro atoms. The van der Waals surface area contributed by atoms with Crippen LogP contribution in [0, 0.1) is 10.1 Å². The Kier molecular flexibility index (Phi) is 8.88. The average molecular weight is 455 g/mol. The third kappa shape index (κ3) is 6.31. The van der Waals surface area contributed by atoms with Gasteiger partial charge in [0.05, 0.1) is 16.4 Å². The first kappa shape index (κ1) is 23.9. The number of rotatable bonds is 12. The minimum atomic E-state index is -3.87. The number of sulfonamides is 1. The predicted molar refractivity (Wildman–Crippen MR) is 115 cm³/mol. The number of carbonyl (C=O) groups excluding carboxylic acids is 1. The first-order valence-electron chi connectivity index (χ1n) is 9.76. The van der Waals surface area contributed by atoms with Crippen LogP contribution in [0.25, 0.3) is 0 Å². The van der Waals surface area contributed by atoms with E-state index in [1.807, 2.05) is 13.8 Å². The Morgan fingerprint density at radius 1 is 1.20 bits per heavy atom. The van der Waals surface area contributed by atoms with Crippen molar-refractivity contribution in [3.05, 3.63) is 50.5 Å². The van der Waals surface area contributed by atoms with E-state index in [1.165, 1.54) is 39.9 Å². The Hall–Kier alpha value is -2.37. The molecule has 2 rings (SSSR count). The van der Waals surface area contributed by atoms with Crippen LogP contribution in [0.2, 0.25) is 0 Å². The molecule has 0 fully saturated rings. The quantitative estimate of drug-likeness (QED) is 0.297. The van der Waals surface area contributed by atoms with E-state index in [9.17, 15) is 23.3 Å². The summed E-state index contributed by atoms with van der Waals surface area (Å²) in [5.41, 5.74) is 0.0991. The van der Waals surface area contributed by atoms with E-state index in [-0.39, 0.29) is 35.3 Å². The van der Waals surface area contributed by atoms with Gasteiger partial charge >= 0.3 is 0 Å². The monoisotopic (exact) mass is 454 g/mol. The summed E-state index contributed by atoms with van der Waals surface area (Å²) in [6.45, 7) is 4.88. The Bertz CT molecular complexity index is 958. The number of hydrogen-bond acceptors (Lipinski definition) is 7. The Morgan fingerprint density at radius 3 is 2.47 bits per heavy atom. The van der Waals surface area contributed by atoms with E-state index >= 15 is 0 Å². The molecule has 1 aromatic heterocycles. The van der Waals surface area contributed by atoms with Gasteiger partial charge in [0.25, 0.3) is 11.6 Å². The van der Waals surface area contributed by atoms with Crippen LogP contribution < -0.4 is 5.32 Å². The summed E-state index contributed by atoms with van der Waals surface area (Å²) < 4.78 is 27.5. The molecule has 0 bridgehead atoms. The molecule has 0 saturated heterocycles. The van der Waals surface area contributed by atoms with Crippen molar-refractivity contribution in [1.82, 2.24) is 14.6 Å². The molecule has 0 aliphatic heterocycles. The Labute approximate surface area is 180 Å². The highest BCUT2D eigenvalue weighted by molar-refractivity contribution is 7.89. The van der Waals surface area contributed by atoms with E-state index in [2.05, 4.69) is 10.3 Å². The average Bonchev–Trinajstić information content (AvgIpc) is 3.20. The van der Waals surface area contributed by atoms with Crippen LogP contribution in [0.15, 0.2) is 34.5 Å². The molecule has 2 aromatic rings. The van der Waals surface area contributed by atoms with E-state index < -0.39 is 14.9 Å². The summed E-state index contributed by atoms with van der Waals surface area (Å²) in [6, 6.07) is 4.82. The molecule has 1 amide bonds. The topological polar surface area (TPSA) is 123 Å². The van der Waals surface area contributed by atoms with Crippen LogP contribution in [0.5, 0.6) is 0 Å². The van der Waals surface area contributed by atoms with E-state index in [4.69, 9.17) is 0 Å². The maximum absolute atomic E-state index is 13.1. The first-order chi connectivity index (χ1) is 14.3. The van der Waals surface area contributed by atoms with E-state index in [0.717, 1.165) is 19.3 Å². The standard InChI is InChI=1S/C19H26N4O5S2/c1-3-5-11-20-19(24)17-14-29-18(21-17)13-22(12-6-4-2)30(27,28)16-9-7-15(8-10-16)23(25)26/h7-10,14H,3-6,11-13H2,1-2H3,(H,20,24). The molecule has 11 heteroatoms. The number of amides is 1. The van der Waals surface area contributed by atoms with E-state index in [1.54, 1.807) is 5.38 Å². The smallest absolute Gasteiger partial charge is 0.270 e. The number of aromatic nitrogens is 1. The molecule has 9 nitrogen and oxygen atoms in total. The highest BCUT2D eigenvalue weighted by Crippen LogP contribution is 2.23. The highest BCUT2D eigenvalue weighted by Gasteiger charge is 2.26. The number of carbonyl (C=O) groups is 1. The van der Waals surface area contributed by atoms with Crippen molar-refractivity contribution >= 4 is 33.0 Å². The summed E-state index contributed by atoms with van der Waals surface area (Å²) in [7, 11) is -3.87. The lowest BCUT2D eigenvalue weighted by atomic mass is 10.3. The zero-order chi connectivity index (χ0) is 22.1. The van der Waals surface area contributed by atoms with Gasteiger partial charge in [0.1, 0.15) is 10.7 Å². The third-order valence-corrected chi connectivity index (χ3v) is 7.05. The van der Waals surface area contributed by atoms with Gasteiger partial charge in [-0.15, -0.1) is 11.3 Å². The van der Waals surface area contributed by atoms with Crippen molar-refractivity contribution < 1.29 is 18.1 Å². The number of benzene rings is 1. The highest BCUT2D eigenvalue weighted by atomic mass is 32.2. The van der Waals surface area contributed by atoms with Crippen LogP contribution in [0.1, 0.15) is 55.0 Å². The van der Waals surface area contributed by atoms with Gasteiger partial charge in [-0.3, -0.25) is 14.9 Å². The van der Waals surface area contributed by atoms with Gasteiger partial charge in [-0.1, -0.05) is 26.7 Å². The minimum absolute atomic E-state index is 0.0155. The Balaban J connectivity index is 2.19. The largest absolute Gasteiger partial charge is 0.351 e. The fraction of sp³-hybridized carbons (Fsp3) is 0.474. The second-order valence-electron chi connectivity index (χ2n) is 6.68. The zero-order valence-electron chi connectivity index (χ0n) is 17.0. The summed E-state index contributed by atoms with van der Waals surface area (Å²) in [4.78, 5) is 26.7. The normalized spacial score (nSPS) is 11.6. The molecule has 30 heavy (non-hydrogen) atoms. The summed E-state index contributed by atoms with van der Waals surface area (Å²) in [5.74, 6) is -0.274. The number of nitro groups is 1. The van der Waals surface area contributed by atoms with Crippen molar-refractivity contribution in [2.75, 3.05) is 13.1 Å². The van der Waals surface area contributed by atoms with Crippen LogP contribution >= 0.6 is 11.3 Å². The van der Waals surface area contributed by atoms with Crippen molar-refractivity contribution in [2.24, 2.45) is 0 Å². The second-order valence-corrected chi connectivity index (χ2v) is 9.56. The van der Waals surface area contributed by atoms with Gasteiger partial charge in [-0.25, -0.2) is 13.4 Å². The van der Waals surface area contributed by atoms with Gasteiger partial charge in [0.15, 0.2) is 0 Å². The SMILES string of the molecule is CCCCNC(=O)c1csc(CN(CCCC)S(=O)(=O)c2ccc([N+](=O)[O-])cc2)n1. The number of nitrogens with one attached hydrogen (secondary N) is 1. The van der Waals surface area contributed by atoms with Crippen molar-refractivity contribution in [2.45, 2.75) is 51.0 Å². The minimum Gasteiger partial charge on any atom is -0.351 e. The fourth-order valence-corrected chi connectivity index (χ4v) is 4.93. The van der Waals surface area contributed by atoms with Crippen molar-refractivity contribution in [1.29, 1.82) is 0 Å².